The summed E-state index contributed by atoms with van der Waals surface area (Å²) < 4.78 is 24.6. The molecule has 3 fully saturated rings. The number of nitrogens with zero attached hydrogens (tertiary/aromatic N) is 1. The van der Waals surface area contributed by atoms with E-state index in [1.54, 1.807) is 6.92 Å². The van der Waals surface area contributed by atoms with Crippen molar-refractivity contribution in [3.63, 3.8) is 0 Å². The zero-order valence-electron chi connectivity index (χ0n) is 19.1. The number of nitrogens with one attached hydrogen (secondary N) is 4. The molecule has 7 N–H and O–H groups in total. The summed E-state index contributed by atoms with van der Waals surface area (Å²) in [5, 5.41) is 24.2. The minimum Gasteiger partial charge on any atom is -0.477 e. The van der Waals surface area contributed by atoms with E-state index in [0.717, 1.165) is 19.4 Å². The van der Waals surface area contributed by atoms with Crippen LogP contribution in [-0.2, 0) is 24.6 Å². The molecule has 0 radical (unpaired) electrons. The summed E-state index contributed by atoms with van der Waals surface area (Å²) in [5.41, 5.74) is 0.0193. The third-order valence-electron chi connectivity index (χ3n) is 7.08. The molecule has 0 aromatic rings. The fraction of sp³-hybridized carbons (Fsp3) is 0.750. The Morgan fingerprint density at radius 2 is 2.09 bits per heavy atom. The monoisotopic (exact) mass is 516 g/mol. The van der Waals surface area contributed by atoms with Gasteiger partial charge in [0.25, 0.3) is 10.2 Å². The van der Waals surface area contributed by atoms with Gasteiger partial charge in [-0.1, -0.05) is 6.92 Å². The smallest absolute Gasteiger partial charge is 0.353 e. The first-order valence-electron chi connectivity index (χ1n) is 11.5. The van der Waals surface area contributed by atoms with Crippen LogP contribution in [0.2, 0.25) is 0 Å². The molecule has 4 rings (SSSR count). The van der Waals surface area contributed by atoms with E-state index in [1.807, 2.05) is 6.92 Å². The molecule has 3 saturated heterocycles. The van der Waals surface area contributed by atoms with Gasteiger partial charge >= 0.3 is 5.97 Å². The van der Waals surface area contributed by atoms with Gasteiger partial charge < -0.3 is 26.0 Å². The first-order valence-corrected chi connectivity index (χ1v) is 13.9. The largest absolute Gasteiger partial charge is 0.477 e. The highest BCUT2D eigenvalue weighted by atomic mass is 32.2. The Kier molecular flexibility index (Phi) is 7.27. The van der Waals surface area contributed by atoms with Crippen LogP contribution in [0, 0.1) is 11.8 Å². The standard InChI is InChI=1S/C20H32N6O6S2/c1-9-15-14(10(2)25-18(27)13-4-3-5-22-13)19(28)26(15)16(20(29)30)17(9)33-12-6-11(23-8-12)7-24-34(21,31)32/h9-15,22-24H,3-8H2,1-2H3,(H,25,27)(H,29,30)(H2,21,31,32)/t9-,10-,11+,12+,13?,14-,15-/m1/s1. The van der Waals surface area contributed by atoms with Crippen molar-refractivity contribution in [3.05, 3.63) is 10.6 Å². The highest BCUT2D eigenvalue weighted by molar-refractivity contribution is 8.03. The van der Waals surface area contributed by atoms with Crippen molar-refractivity contribution in [1.82, 2.24) is 25.6 Å². The molecule has 4 aliphatic rings. The molecule has 1 unspecified atom stereocenters. The summed E-state index contributed by atoms with van der Waals surface area (Å²) in [5.74, 6) is -2.23. The zero-order valence-corrected chi connectivity index (χ0v) is 20.7. The molecule has 190 valence electrons. The van der Waals surface area contributed by atoms with E-state index in [-0.39, 0.29) is 53.3 Å². The summed E-state index contributed by atoms with van der Waals surface area (Å²) in [4.78, 5) is 39.7. The summed E-state index contributed by atoms with van der Waals surface area (Å²) >= 11 is 1.43. The van der Waals surface area contributed by atoms with Crippen LogP contribution in [0.3, 0.4) is 0 Å². The van der Waals surface area contributed by atoms with Crippen LogP contribution in [-0.4, -0.2) is 85.3 Å². The molecule has 4 heterocycles. The molecule has 12 nitrogen and oxygen atoms in total. The van der Waals surface area contributed by atoms with Crippen LogP contribution in [0.25, 0.3) is 0 Å². The maximum atomic E-state index is 13.0. The van der Waals surface area contributed by atoms with Gasteiger partial charge in [0.2, 0.25) is 11.8 Å². The van der Waals surface area contributed by atoms with Gasteiger partial charge in [-0.05, 0) is 32.7 Å². The highest BCUT2D eigenvalue weighted by Gasteiger charge is 2.60. The van der Waals surface area contributed by atoms with Crippen molar-refractivity contribution in [2.45, 2.75) is 62.5 Å². The number of hydrogen-bond donors (Lipinski definition) is 6. The van der Waals surface area contributed by atoms with Gasteiger partial charge in [0.15, 0.2) is 0 Å². The van der Waals surface area contributed by atoms with Gasteiger partial charge in [-0.3, -0.25) is 9.59 Å². The van der Waals surface area contributed by atoms with Gasteiger partial charge in [-0.2, -0.15) is 8.42 Å². The predicted octanol–water partition coefficient (Wildman–Crippen LogP) is -1.73. The number of rotatable bonds is 9. The van der Waals surface area contributed by atoms with Gasteiger partial charge in [0, 0.05) is 41.2 Å². The first-order chi connectivity index (χ1) is 16.0. The highest BCUT2D eigenvalue weighted by Crippen LogP contribution is 2.51. The Bertz CT molecular complexity index is 998. The molecule has 4 aliphatic heterocycles. The third kappa shape index (κ3) is 4.97. The SMILES string of the molecule is C[C@@H](NC(=O)C1CCCN1)[C@H]1C(=O)N2C(C(=O)O)=C(S[C@@H]3CN[C@H](CNS(N)(=O)=O)C3)[C@H](C)[C@H]12. The Balaban J connectivity index is 1.42. The Morgan fingerprint density at radius 1 is 1.35 bits per heavy atom. The van der Waals surface area contributed by atoms with Gasteiger partial charge in [-0.25, -0.2) is 14.7 Å². The number of fused-ring (bicyclic) bond motifs is 1. The topological polar surface area (TPSA) is 183 Å². The molecule has 0 spiro atoms. The lowest BCUT2D eigenvalue weighted by Crippen LogP contribution is -2.66. The number of carbonyl (C=O) groups excluding carboxylic acids is 2. The molecule has 0 aromatic carbocycles. The maximum Gasteiger partial charge on any atom is 0.353 e. The molecular formula is C20H32N6O6S2. The van der Waals surface area contributed by atoms with Gasteiger partial charge in [0.05, 0.1) is 18.0 Å². The van der Waals surface area contributed by atoms with Crippen LogP contribution in [0.4, 0.5) is 0 Å². The summed E-state index contributed by atoms with van der Waals surface area (Å²) in [7, 11) is -3.78. The Morgan fingerprint density at radius 3 is 2.71 bits per heavy atom. The summed E-state index contributed by atoms with van der Waals surface area (Å²) in [6, 6.07) is -1.10. The van der Waals surface area contributed by atoms with Crippen LogP contribution < -0.4 is 25.8 Å². The number of aliphatic carboxylic acids is 1. The number of hydrogen-bond acceptors (Lipinski definition) is 8. The van der Waals surface area contributed by atoms with Crippen molar-refractivity contribution in [2.75, 3.05) is 19.6 Å². The quantitative estimate of drug-likeness (QED) is 0.194. The molecule has 34 heavy (non-hydrogen) atoms. The lowest BCUT2D eigenvalue weighted by Gasteiger charge is -2.47. The summed E-state index contributed by atoms with van der Waals surface area (Å²) in [6.45, 7) is 5.25. The molecular weight excluding hydrogens is 484 g/mol. The number of nitrogens with two attached hydrogens (primary N) is 1. The first kappa shape index (κ1) is 25.4. The second-order valence-electron chi connectivity index (χ2n) is 9.45. The fourth-order valence-corrected chi connectivity index (χ4v) is 7.40. The van der Waals surface area contributed by atoms with Crippen molar-refractivity contribution in [2.24, 2.45) is 17.0 Å². The molecule has 7 atom stereocenters. The van der Waals surface area contributed by atoms with Crippen LogP contribution >= 0.6 is 11.8 Å². The van der Waals surface area contributed by atoms with E-state index >= 15 is 0 Å². The average molecular weight is 517 g/mol. The number of carbonyl (C=O) groups is 3. The number of amides is 2. The predicted molar refractivity (Wildman–Crippen MR) is 125 cm³/mol. The molecule has 0 aliphatic carbocycles. The van der Waals surface area contributed by atoms with Crippen molar-refractivity contribution in [1.29, 1.82) is 0 Å². The van der Waals surface area contributed by atoms with E-state index in [4.69, 9.17) is 5.14 Å². The van der Waals surface area contributed by atoms with Crippen LogP contribution in [0.5, 0.6) is 0 Å². The minimum absolute atomic E-state index is 0.0193. The zero-order chi connectivity index (χ0) is 24.8. The van der Waals surface area contributed by atoms with E-state index < -0.39 is 28.1 Å². The molecule has 0 saturated carbocycles. The average Bonchev–Trinajstić information content (AvgIpc) is 3.47. The second-order valence-corrected chi connectivity index (χ2v) is 12.2. The summed E-state index contributed by atoms with van der Waals surface area (Å²) in [6.07, 6.45) is 2.32. The lowest BCUT2D eigenvalue weighted by molar-refractivity contribution is -0.158. The van der Waals surface area contributed by atoms with Crippen molar-refractivity contribution >= 4 is 39.8 Å². The molecule has 0 bridgehead atoms. The number of β-lactam (4-membered cyclic amide) rings is 1. The fourth-order valence-electron chi connectivity index (χ4n) is 5.44. The van der Waals surface area contributed by atoms with E-state index in [2.05, 4.69) is 20.7 Å². The lowest BCUT2D eigenvalue weighted by atomic mass is 9.78. The molecule has 2 amide bonds. The van der Waals surface area contributed by atoms with Crippen LogP contribution in [0.1, 0.15) is 33.1 Å². The van der Waals surface area contributed by atoms with Crippen molar-refractivity contribution in [3.8, 4) is 0 Å². The maximum absolute atomic E-state index is 13.0. The van der Waals surface area contributed by atoms with E-state index in [9.17, 15) is 27.9 Å². The minimum atomic E-state index is -3.78. The third-order valence-corrected chi connectivity index (χ3v) is 9.16. The second kappa shape index (κ2) is 9.74. The number of carboxylic acid groups (broad SMARTS) is 1. The number of thioether (sulfide) groups is 1. The van der Waals surface area contributed by atoms with Gasteiger partial charge in [-0.15, -0.1) is 11.8 Å². The normalized spacial score (nSPS) is 34.2. The number of carboxylic acids is 1. The Hall–Kier alpha value is -1.71. The van der Waals surface area contributed by atoms with E-state index in [0.29, 0.717) is 17.9 Å². The molecule has 14 heteroatoms. The van der Waals surface area contributed by atoms with Gasteiger partial charge in [0.1, 0.15) is 5.70 Å². The van der Waals surface area contributed by atoms with E-state index in [1.165, 1.54) is 16.7 Å². The van der Waals surface area contributed by atoms with Crippen LogP contribution in [0.15, 0.2) is 10.6 Å². The van der Waals surface area contributed by atoms with Crippen molar-refractivity contribution < 1.29 is 27.9 Å². The molecule has 0 aromatic heterocycles. The Labute approximate surface area is 203 Å².